The van der Waals surface area contributed by atoms with E-state index in [4.69, 9.17) is 0 Å². The summed E-state index contributed by atoms with van der Waals surface area (Å²) in [6, 6.07) is 3.73. The van der Waals surface area contributed by atoms with Gasteiger partial charge in [0.25, 0.3) is 0 Å². The molecule has 0 fully saturated rings. The van der Waals surface area contributed by atoms with Crippen LogP contribution in [0.4, 0.5) is 8.78 Å². The van der Waals surface area contributed by atoms with Crippen molar-refractivity contribution < 1.29 is 26.7 Å². The number of hydrogen-bond acceptors (Lipinski definition) is 5. The van der Waals surface area contributed by atoms with Gasteiger partial charge in [-0.05, 0) is 36.1 Å². The van der Waals surface area contributed by atoms with Crippen LogP contribution in [0.25, 0.3) is 0 Å². The molecule has 2 rings (SSSR count). The fourth-order valence-electron chi connectivity index (χ4n) is 2.09. The largest absolute Gasteiger partial charge is 0.465 e. The maximum Gasteiger partial charge on any atom is 0.349 e. The van der Waals surface area contributed by atoms with E-state index in [1.54, 1.807) is 0 Å². The molecular weight excluding hydrogens is 360 g/mol. The van der Waals surface area contributed by atoms with E-state index in [9.17, 15) is 22.0 Å². The van der Waals surface area contributed by atoms with Crippen LogP contribution >= 0.6 is 11.3 Å². The van der Waals surface area contributed by atoms with Crippen LogP contribution in [0.1, 0.15) is 28.2 Å². The smallest absolute Gasteiger partial charge is 0.349 e. The second-order valence-electron chi connectivity index (χ2n) is 4.98. The number of nitrogens with zero attached hydrogens (tertiary/aromatic N) is 1. The maximum absolute atomic E-state index is 13.4. The molecule has 0 saturated heterocycles. The standard InChI is InChI=1S/C15H15F2NO4S2/c1-9(10-4-5-11(16)12(17)8-10)18(2)24(20,21)13-6-7-23-14(13)15(19)22-3/h4-9H,1-3H3/t9-/m0/s1. The van der Waals surface area contributed by atoms with E-state index in [1.807, 2.05) is 0 Å². The van der Waals surface area contributed by atoms with Crippen molar-refractivity contribution in [2.75, 3.05) is 14.2 Å². The van der Waals surface area contributed by atoms with Crippen LogP contribution < -0.4 is 0 Å². The quantitative estimate of drug-likeness (QED) is 0.753. The highest BCUT2D eigenvalue weighted by atomic mass is 32.2. The van der Waals surface area contributed by atoms with Gasteiger partial charge in [0, 0.05) is 13.1 Å². The third-order valence-corrected chi connectivity index (χ3v) is 6.62. The van der Waals surface area contributed by atoms with Crippen molar-refractivity contribution in [1.82, 2.24) is 4.31 Å². The van der Waals surface area contributed by atoms with E-state index in [-0.39, 0.29) is 15.3 Å². The van der Waals surface area contributed by atoms with E-state index in [2.05, 4.69) is 4.74 Å². The van der Waals surface area contributed by atoms with Gasteiger partial charge in [0.05, 0.1) is 7.11 Å². The molecule has 1 heterocycles. The SMILES string of the molecule is COC(=O)c1sccc1S(=O)(=O)N(C)[C@@H](C)c1ccc(F)c(F)c1. The van der Waals surface area contributed by atoms with Crippen molar-refractivity contribution in [3.63, 3.8) is 0 Å². The molecule has 0 aliphatic heterocycles. The molecule has 0 saturated carbocycles. The van der Waals surface area contributed by atoms with Gasteiger partial charge in [-0.3, -0.25) is 0 Å². The fraction of sp³-hybridized carbons (Fsp3) is 0.267. The number of sulfonamides is 1. The molecule has 1 aromatic carbocycles. The summed E-state index contributed by atoms with van der Waals surface area (Å²) >= 11 is 0.948. The molecule has 9 heteroatoms. The van der Waals surface area contributed by atoms with Gasteiger partial charge in [-0.2, -0.15) is 4.31 Å². The number of rotatable bonds is 5. The third-order valence-electron chi connectivity index (χ3n) is 3.63. The number of methoxy groups -OCH3 is 1. The highest BCUT2D eigenvalue weighted by Crippen LogP contribution is 2.30. The van der Waals surface area contributed by atoms with Gasteiger partial charge in [-0.25, -0.2) is 22.0 Å². The molecule has 0 amide bonds. The second-order valence-corrected chi connectivity index (χ2v) is 7.86. The van der Waals surface area contributed by atoms with E-state index in [0.717, 1.165) is 34.9 Å². The highest BCUT2D eigenvalue weighted by Gasteiger charge is 2.31. The number of halogens is 2. The monoisotopic (exact) mass is 375 g/mol. The molecule has 0 aliphatic rings. The zero-order chi connectivity index (χ0) is 18.1. The number of ether oxygens (including phenoxy) is 1. The summed E-state index contributed by atoms with van der Waals surface area (Å²) in [6.45, 7) is 1.54. The average Bonchev–Trinajstić information content (AvgIpc) is 3.05. The summed E-state index contributed by atoms with van der Waals surface area (Å²) in [7, 11) is -1.56. The first-order valence-corrected chi connectivity index (χ1v) is 9.11. The number of hydrogen-bond donors (Lipinski definition) is 0. The van der Waals surface area contributed by atoms with Gasteiger partial charge in [0.1, 0.15) is 9.77 Å². The molecular formula is C15H15F2NO4S2. The zero-order valence-corrected chi connectivity index (χ0v) is 14.7. The first-order chi connectivity index (χ1) is 11.2. The molecule has 1 atom stereocenters. The van der Waals surface area contributed by atoms with Crippen LogP contribution in [0, 0.1) is 11.6 Å². The van der Waals surface area contributed by atoms with Crippen LogP contribution in [0.2, 0.25) is 0 Å². The highest BCUT2D eigenvalue weighted by molar-refractivity contribution is 7.89. The van der Waals surface area contributed by atoms with Crippen LogP contribution in [-0.4, -0.2) is 32.8 Å². The number of esters is 1. The van der Waals surface area contributed by atoms with Crippen molar-refractivity contribution in [3.05, 3.63) is 51.7 Å². The minimum absolute atomic E-state index is 0.0400. The van der Waals surface area contributed by atoms with Crippen molar-refractivity contribution >= 4 is 27.3 Å². The Morgan fingerprint density at radius 2 is 1.92 bits per heavy atom. The Morgan fingerprint density at radius 1 is 1.25 bits per heavy atom. The summed E-state index contributed by atoms with van der Waals surface area (Å²) in [6.07, 6.45) is 0. The van der Waals surface area contributed by atoms with Crippen molar-refractivity contribution in [2.45, 2.75) is 17.9 Å². The number of thiophene rings is 1. The molecule has 1 aromatic heterocycles. The van der Waals surface area contributed by atoms with Gasteiger partial charge in [-0.1, -0.05) is 6.07 Å². The maximum atomic E-state index is 13.4. The van der Waals surface area contributed by atoms with E-state index in [1.165, 1.54) is 31.5 Å². The summed E-state index contributed by atoms with van der Waals surface area (Å²) in [4.78, 5) is 11.5. The van der Waals surface area contributed by atoms with Gasteiger partial charge < -0.3 is 4.74 Å². The van der Waals surface area contributed by atoms with Crippen LogP contribution in [0.15, 0.2) is 34.5 Å². The predicted molar refractivity (Wildman–Crippen MR) is 85.4 cm³/mol. The Hall–Kier alpha value is -1.84. The predicted octanol–water partition coefficient (Wildman–Crippen LogP) is 3.19. The molecule has 24 heavy (non-hydrogen) atoms. The molecule has 0 spiro atoms. The lowest BCUT2D eigenvalue weighted by atomic mass is 10.1. The molecule has 0 unspecified atom stereocenters. The van der Waals surface area contributed by atoms with Crippen LogP contribution in [-0.2, 0) is 14.8 Å². The van der Waals surface area contributed by atoms with E-state index in [0.29, 0.717) is 0 Å². The minimum atomic E-state index is -4.03. The lowest BCUT2D eigenvalue weighted by Gasteiger charge is -2.24. The lowest BCUT2D eigenvalue weighted by molar-refractivity contribution is 0.0602. The fourth-order valence-corrected chi connectivity index (χ4v) is 4.74. The molecule has 0 N–H and O–H groups in total. The summed E-state index contributed by atoms with van der Waals surface area (Å²) in [5.41, 5.74) is 0.287. The first kappa shape index (κ1) is 18.5. The Kier molecular flexibility index (Phi) is 5.36. The topological polar surface area (TPSA) is 63.7 Å². The first-order valence-electron chi connectivity index (χ1n) is 6.79. The molecule has 0 radical (unpaired) electrons. The number of carbonyl (C=O) groups excluding carboxylic acids is 1. The minimum Gasteiger partial charge on any atom is -0.465 e. The molecule has 0 aliphatic carbocycles. The molecule has 130 valence electrons. The summed E-state index contributed by atoms with van der Waals surface area (Å²) in [5.74, 6) is -2.82. The molecule has 0 bridgehead atoms. The van der Waals surface area contributed by atoms with E-state index >= 15 is 0 Å². The summed E-state index contributed by atoms with van der Waals surface area (Å²) < 4.78 is 57.5. The average molecular weight is 375 g/mol. The number of carbonyl (C=O) groups is 1. The van der Waals surface area contributed by atoms with Crippen molar-refractivity contribution in [3.8, 4) is 0 Å². The normalized spacial score (nSPS) is 13.1. The Labute approximate surface area is 142 Å². The second kappa shape index (κ2) is 6.96. The Bertz CT molecular complexity index is 864. The molecule has 2 aromatic rings. The van der Waals surface area contributed by atoms with Gasteiger partial charge in [-0.15, -0.1) is 11.3 Å². The Balaban J connectivity index is 2.40. The van der Waals surface area contributed by atoms with Crippen molar-refractivity contribution in [1.29, 1.82) is 0 Å². The number of benzene rings is 1. The summed E-state index contributed by atoms with van der Waals surface area (Å²) in [5, 5.41) is 1.47. The van der Waals surface area contributed by atoms with Crippen LogP contribution in [0.5, 0.6) is 0 Å². The van der Waals surface area contributed by atoms with E-state index < -0.39 is 33.7 Å². The zero-order valence-electron chi connectivity index (χ0n) is 13.1. The van der Waals surface area contributed by atoms with Crippen molar-refractivity contribution in [2.24, 2.45) is 0 Å². The third kappa shape index (κ3) is 3.33. The van der Waals surface area contributed by atoms with Gasteiger partial charge in [0.15, 0.2) is 11.6 Å². The van der Waals surface area contributed by atoms with Gasteiger partial charge in [0.2, 0.25) is 10.0 Å². The van der Waals surface area contributed by atoms with Gasteiger partial charge >= 0.3 is 5.97 Å². The lowest BCUT2D eigenvalue weighted by Crippen LogP contribution is -2.30. The molecule has 5 nitrogen and oxygen atoms in total. The Morgan fingerprint density at radius 3 is 2.50 bits per heavy atom. The van der Waals surface area contributed by atoms with Crippen LogP contribution in [0.3, 0.4) is 0 Å².